The van der Waals surface area contributed by atoms with Crippen LogP contribution in [0.15, 0.2) is 41.5 Å². The maximum atomic E-state index is 12.0. The van der Waals surface area contributed by atoms with Crippen molar-refractivity contribution in [3.05, 3.63) is 57.6 Å². The molecule has 0 unspecified atom stereocenters. The molecule has 2 aromatic carbocycles. The molecule has 0 aliphatic rings. The van der Waals surface area contributed by atoms with Crippen LogP contribution >= 0.6 is 23.2 Å². The fourth-order valence-electron chi connectivity index (χ4n) is 2.27. The van der Waals surface area contributed by atoms with Crippen LogP contribution in [0.1, 0.15) is 22.3 Å². The molecular formula is C19H19Cl2N3O4. The number of rotatable bonds is 8. The number of hydrogen-bond acceptors (Lipinski definition) is 5. The summed E-state index contributed by atoms with van der Waals surface area (Å²) in [4.78, 5) is 23.9. The van der Waals surface area contributed by atoms with E-state index in [4.69, 9.17) is 32.7 Å². The molecule has 9 heteroatoms. The largest absolute Gasteiger partial charge is 0.493 e. The molecule has 0 atom stereocenters. The van der Waals surface area contributed by atoms with E-state index in [-0.39, 0.29) is 29.8 Å². The van der Waals surface area contributed by atoms with Crippen LogP contribution in [0.2, 0.25) is 10.0 Å². The lowest BCUT2D eigenvalue weighted by atomic mass is 10.2. The first-order valence-corrected chi connectivity index (χ1v) is 8.98. The highest BCUT2D eigenvalue weighted by molar-refractivity contribution is 6.42. The van der Waals surface area contributed by atoms with E-state index >= 15 is 0 Å². The van der Waals surface area contributed by atoms with Crippen LogP contribution in [0, 0.1) is 0 Å². The van der Waals surface area contributed by atoms with E-state index in [1.54, 1.807) is 24.3 Å². The Kier molecular flexibility index (Phi) is 8.10. The van der Waals surface area contributed by atoms with Gasteiger partial charge in [0, 0.05) is 24.1 Å². The second kappa shape index (κ2) is 10.5. The van der Waals surface area contributed by atoms with Crippen molar-refractivity contribution >= 4 is 41.2 Å². The Bertz CT molecular complexity index is 887. The van der Waals surface area contributed by atoms with Gasteiger partial charge < -0.3 is 14.8 Å². The molecule has 0 spiro atoms. The smallest absolute Gasteiger partial charge is 0.251 e. The highest BCUT2D eigenvalue weighted by atomic mass is 35.5. The van der Waals surface area contributed by atoms with Crippen molar-refractivity contribution in [3.63, 3.8) is 0 Å². The Labute approximate surface area is 172 Å². The molecule has 2 amide bonds. The molecule has 0 radical (unpaired) electrons. The number of halogens is 2. The van der Waals surface area contributed by atoms with E-state index in [1.165, 1.54) is 32.6 Å². The van der Waals surface area contributed by atoms with Crippen molar-refractivity contribution in [1.82, 2.24) is 10.7 Å². The van der Waals surface area contributed by atoms with Crippen LogP contribution < -0.4 is 20.2 Å². The Morgan fingerprint density at radius 3 is 2.57 bits per heavy atom. The van der Waals surface area contributed by atoms with E-state index in [0.717, 1.165) is 0 Å². The third kappa shape index (κ3) is 5.87. The first kappa shape index (κ1) is 21.5. The number of para-hydroxylation sites is 1. The van der Waals surface area contributed by atoms with Crippen molar-refractivity contribution in [2.24, 2.45) is 5.10 Å². The van der Waals surface area contributed by atoms with Gasteiger partial charge in [0.15, 0.2) is 11.5 Å². The van der Waals surface area contributed by atoms with Crippen molar-refractivity contribution in [3.8, 4) is 11.5 Å². The molecule has 0 saturated carbocycles. The van der Waals surface area contributed by atoms with E-state index in [1.807, 2.05) is 0 Å². The van der Waals surface area contributed by atoms with Crippen LogP contribution in [0.25, 0.3) is 0 Å². The average Bonchev–Trinajstić information content (AvgIpc) is 2.69. The topological polar surface area (TPSA) is 89.0 Å². The molecule has 0 aliphatic heterocycles. The second-order valence-corrected chi connectivity index (χ2v) is 6.33. The van der Waals surface area contributed by atoms with Gasteiger partial charge in [-0.15, -0.1) is 0 Å². The molecule has 148 valence electrons. The van der Waals surface area contributed by atoms with E-state index < -0.39 is 0 Å². The maximum absolute atomic E-state index is 12.0. The van der Waals surface area contributed by atoms with Gasteiger partial charge in [0.1, 0.15) is 0 Å². The Morgan fingerprint density at radius 2 is 1.89 bits per heavy atom. The van der Waals surface area contributed by atoms with Gasteiger partial charge in [-0.25, -0.2) is 5.43 Å². The third-order valence-corrected chi connectivity index (χ3v) is 4.38. The molecule has 0 aromatic heterocycles. The molecule has 2 aromatic rings. The van der Waals surface area contributed by atoms with E-state index in [0.29, 0.717) is 27.6 Å². The van der Waals surface area contributed by atoms with E-state index in [2.05, 4.69) is 15.8 Å². The van der Waals surface area contributed by atoms with E-state index in [9.17, 15) is 9.59 Å². The molecule has 0 bridgehead atoms. The van der Waals surface area contributed by atoms with Gasteiger partial charge >= 0.3 is 0 Å². The number of hydrazone groups is 1. The van der Waals surface area contributed by atoms with Gasteiger partial charge in [0.25, 0.3) is 5.91 Å². The number of carbonyl (C=O) groups is 2. The SMILES string of the molecule is COc1cccc(C=NNC(=O)CCNC(=O)c2ccc(Cl)c(Cl)c2)c1OC. The number of ether oxygens (including phenoxy) is 2. The molecule has 7 nitrogen and oxygen atoms in total. The standard InChI is InChI=1S/C19H19Cl2N3O4/c1-27-16-5-3-4-13(18(16)28-2)11-23-24-17(25)8-9-22-19(26)12-6-7-14(20)15(21)10-12/h3-7,10-11H,8-9H2,1-2H3,(H,22,26)(H,24,25). The number of carbonyl (C=O) groups excluding carboxylic acids is 2. The molecule has 0 fully saturated rings. The Morgan fingerprint density at radius 1 is 1.11 bits per heavy atom. The zero-order valence-electron chi connectivity index (χ0n) is 15.3. The van der Waals surface area contributed by atoms with Gasteiger partial charge in [0.2, 0.25) is 5.91 Å². The summed E-state index contributed by atoms with van der Waals surface area (Å²) in [7, 11) is 3.05. The molecule has 0 aliphatic carbocycles. The Balaban J connectivity index is 1.82. The number of nitrogens with zero attached hydrogens (tertiary/aromatic N) is 1. The highest BCUT2D eigenvalue weighted by Crippen LogP contribution is 2.29. The second-order valence-electron chi connectivity index (χ2n) is 5.51. The summed E-state index contributed by atoms with van der Waals surface area (Å²) in [6, 6.07) is 9.86. The summed E-state index contributed by atoms with van der Waals surface area (Å²) in [5.74, 6) is 0.364. The molecule has 0 saturated heterocycles. The van der Waals surface area contributed by atoms with Crippen molar-refractivity contribution in [2.45, 2.75) is 6.42 Å². The minimum Gasteiger partial charge on any atom is -0.493 e. The predicted molar refractivity (Wildman–Crippen MR) is 109 cm³/mol. The summed E-state index contributed by atoms with van der Waals surface area (Å²) in [5, 5.41) is 7.18. The number of amides is 2. The van der Waals surface area contributed by atoms with Gasteiger partial charge in [-0.3, -0.25) is 9.59 Å². The van der Waals surface area contributed by atoms with Crippen molar-refractivity contribution < 1.29 is 19.1 Å². The lowest BCUT2D eigenvalue weighted by Crippen LogP contribution is -2.29. The summed E-state index contributed by atoms with van der Waals surface area (Å²) in [5.41, 5.74) is 3.40. The quantitative estimate of drug-likeness (QED) is 0.503. The first-order valence-electron chi connectivity index (χ1n) is 8.22. The summed E-state index contributed by atoms with van der Waals surface area (Å²) >= 11 is 11.7. The lowest BCUT2D eigenvalue weighted by Gasteiger charge is -2.09. The third-order valence-electron chi connectivity index (χ3n) is 3.65. The predicted octanol–water partition coefficient (Wildman–Crippen LogP) is 3.28. The lowest BCUT2D eigenvalue weighted by molar-refractivity contribution is -0.120. The number of methoxy groups -OCH3 is 2. The van der Waals surface area contributed by atoms with Gasteiger partial charge in [-0.05, 0) is 30.3 Å². The number of nitrogens with one attached hydrogen (secondary N) is 2. The maximum Gasteiger partial charge on any atom is 0.251 e. The molecule has 28 heavy (non-hydrogen) atoms. The van der Waals surface area contributed by atoms with Gasteiger partial charge in [-0.1, -0.05) is 29.3 Å². The zero-order chi connectivity index (χ0) is 20.5. The van der Waals surface area contributed by atoms with Crippen molar-refractivity contribution in [2.75, 3.05) is 20.8 Å². The average molecular weight is 424 g/mol. The summed E-state index contributed by atoms with van der Waals surface area (Å²) < 4.78 is 10.5. The normalized spacial score (nSPS) is 10.6. The monoisotopic (exact) mass is 423 g/mol. The fourth-order valence-corrected chi connectivity index (χ4v) is 2.57. The molecule has 2 N–H and O–H groups in total. The number of hydrogen-bond donors (Lipinski definition) is 2. The minimum absolute atomic E-state index is 0.0552. The number of benzene rings is 2. The highest BCUT2D eigenvalue weighted by Gasteiger charge is 2.09. The van der Waals surface area contributed by atoms with Crippen LogP contribution in [0.3, 0.4) is 0 Å². The minimum atomic E-state index is -0.354. The van der Waals surface area contributed by atoms with Crippen LogP contribution in [0.4, 0.5) is 0 Å². The van der Waals surface area contributed by atoms with Gasteiger partial charge in [-0.2, -0.15) is 5.10 Å². The van der Waals surface area contributed by atoms with Crippen molar-refractivity contribution in [1.29, 1.82) is 0 Å². The summed E-state index contributed by atoms with van der Waals surface area (Å²) in [6.45, 7) is 0.142. The zero-order valence-corrected chi connectivity index (χ0v) is 16.8. The Hall–Kier alpha value is -2.77. The van der Waals surface area contributed by atoms with Crippen LogP contribution in [-0.4, -0.2) is 38.8 Å². The fraction of sp³-hybridized carbons (Fsp3) is 0.211. The molecule has 0 heterocycles. The molecular weight excluding hydrogens is 405 g/mol. The molecule has 2 rings (SSSR count). The first-order chi connectivity index (χ1) is 13.5. The summed E-state index contributed by atoms with van der Waals surface area (Å²) in [6.07, 6.45) is 1.51. The van der Waals surface area contributed by atoms with Gasteiger partial charge in [0.05, 0.1) is 30.5 Å². The van der Waals surface area contributed by atoms with Crippen LogP contribution in [-0.2, 0) is 4.79 Å². The van der Waals surface area contributed by atoms with Crippen LogP contribution in [0.5, 0.6) is 11.5 Å².